The van der Waals surface area contributed by atoms with E-state index in [1.165, 1.54) is 11.1 Å². The number of aryl methyl sites for hydroxylation is 3. The highest BCUT2D eigenvalue weighted by molar-refractivity contribution is 7.66. The van der Waals surface area contributed by atoms with Gasteiger partial charge < -0.3 is 4.74 Å². The fourth-order valence-electron chi connectivity index (χ4n) is 2.98. The average Bonchev–Trinajstić information content (AvgIpc) is 2.55. The van der Waals surface area contributed by atoms with Crippen LogP contribution in [0.1, 0.15) is 58.4 Å². The van der Waals surface area contributed by atoms with E-state index in [4.69, 9.17) is 4.74 Å². The molecule has 2 aromatic carbocycles. The minimum absolute atomic E-state index is 0.139. The molecule has 2 rings (SSSR count). The van der Waals surface area contributed by atoms with E-state index < -0.39 is 0 Å². The van der Waals surface area contributed by atoms with E-state index in [1.54, 1.807) is 0 Å². The second kappa shape index (κ2) is 8.15. The van der Waals surface area contributed by atoms with Gasteiger partial charge in [-0.05, 0) is 102 Å². The lowest BCUT2D eigenvalue weighted by Crippen LogP contribution is -2.12. The summed E-state index contributed by atoms with van der Waals surface area (Å²) in [6.07, 6.45) is 1.18. The highest BCUT2D eigenvalue weighted by Gasteiger charge is 2.17. The molecule has 0 fully saturated rings. The normalized spacial score (nSPS) is 12.6. The first-order chi connectivity index (χ1) is 11.7. The molecule has 3 heteroatoms. The molecule has 2 aromatic rings. The van der Waals surface area contributed by atoms with Gasteiger partial charge in [0, 0.05) is 5.56 Å². The zero-order valence-corrected chi connectivity index (χ0v) is 17.4. The SMILES string of the molecule is CCC(C)Oc1ccc(PC(=O)c2c(C)cc(C)c(C)c2C)c(C)c1. The van der Waals surface area contributed by atoms with Gasteiger partial charge in [0.15, 0.2) is 5.52 Å². The first-order valence-electron chi connectivity index (χ1n) is 8.90. The number of hydrogen-bond acceptors (Lipinski definition) is 2. The van der Waals surface area contributed by atoms with Crippen LogP contribution in [0.25, 0.3) is 0 Å². The summed E-state index contributed by atoms with van der Waals surface area (Å²) < 4.78 is 5.87. The van der Waals surface area contributed by atoms with Crippen molar-refractivity contribution < 1.29 is 9.53 Å². The summed E-state index contributed by atoms with van der Waals surface area (Å²) in [6.45, 7) is 14.5. The Morgan fingerprint density at radius 1 is 1.00 bits per heavy atom. The van der Waals surface area contributed by atoms with Crippen LogP contribution in [0.2, 0.25) is 0 Å². The molecule has 0 aliphatic heterocycles. The summed E-state index contributed by atoms with van der Waals surface area (Å²) in [5.41, 5.74) is 6.88. The molecule has 0 heterocycles. The maximum absolute atomic E-state index is 13.0. The van der Waals surface area contributed by atoms with Gasteiger partial charge >= 0.3 is 0 Å². The predicted octanol–water partition coefficient (Wildman–Crippen LogP) is 5.55. The van der Waals surface area contributed by atoms with Crippen LogP contribution in [0, 0.1) is 34.6 Å². The quantitative estimate of drug-likeness (QED) is 0.634. The van der Waals surface area contributed by atoms with Crippen LogP contribution in [-0.2, 0) is 0 Å². The van der Waals surface area contributed by atoms with Crippen LogP contribution in [0.5, 0.6) is 5.75 Å². The topological polar surface area (TPSA) is 26.3 Å². The monoisotopic (exact) mass is 356 g/mol. The molecule has 0 spiro atoms. The van der Waals surface area contributed by atoms with Crippen molar-refractivity contribution in [1.82, 2.24) is 0 Å². The van der Waals surface area contributed by atoms with E-state index >= 15 is 0 Å². The van der Waals surface area contributed by atoms with Gasteiger partial charge in [-0.15, -0.1) is 0 Å². The zero-order valence-electron chi connectivity index (χ0n) is 16.4. The molecular formula is C22H29O2P. The maximum Gasteiger partial charge on any atom is 0.186 e. The Morgan fingerprint density at radius 3 is 2.28 bits per heavy atom. The minimum Gasteiger partial charge on any atom is -0.491 e. The third kappa shape index (κ3) is 4.50. The number of hydrogen-bond donors (Lipinski definition) is 0. The van der Waals surface area contributed by atoms with Crippen molar-refractivity contribution in [2.24, 2.45) is 0 Å². The Hall–Kier alpha value is -1.66. The van der Waals surface area contributed by atoms with E-state index in [-0.39, 0.29) is 20.2 Å². The molecule has 134 valence electrons. The molecule has 0 radical (unpaired) electrons. The van der Waals surface area contributed by atoms with E-state index in [1.807, 2.05) is 25.1 Å². The van der Waals surface area contributed by atoms with Gasteiger partial charge in [-0.1, -0.05) is 19.1 Å². The minimum atomic E-state index is 0.139. The summed E-state index contributed by atoms with van der Waals surface area (Å²) in [5.74, 6) is 0.881. The smallest absolute Gasteiger partial charge is 0.186 e. The first-order valence-corrected chi connectivity index (χ1v) is 9.90. The summed E-state index contributed by atoms with van der Waals surface area (Å²) >= 11 is 0. The highest BCUT2D eigenvalue weighted by Crippen LogP contribution is 2.29. The maximum atomic E-state index is 13.0. The van der Waals surface area contributed by atoms with Gasteiger partial charge in [0.2, 0.25) is 0 Å². The molecule has 2 unspecified atom stereocenters. The molecule has 0 bridgehead atoms. The number of carbonyl (C=O) groups excluding carboxylic acids is 1. The van der Waals surface area contributed by atoms with E-state index in [2.05, 4.69) is 47.6 Å². The molecule has 0 saturated carbocycles. The predicted molar refractivity (Wildman–Crippen MR) is 109 cm³/mol. The van der Waals surface area contributed by atoms with Gasteiger partial charge in [0.1, 0.15) is 5.75 Å². The third-order valence-electron chi connectivity index (χ3n) is 4.94. The summed E-state index contributed by atoms with van der Waals surface area (Å²) in [5, 5.41) is 1.10. The molecule has 0 aliphatic carbocycles. The zero-order chi connectivity index (χ0) is 18.7. The Kier molecular flexibility index (Phi) is 6.41. The van der Waals surface area contributed by atoms with E-state index in [9.17, 15) is 4.79 Å². The van der Waals surface area contributed by atoms with E-state index in [0.717, 1.165) is 39.7 Å². The van der Waals surface area contributed by atoms with Gasteiger partial charge in [-0.2, -0.15) is 0 Å². The van der Waals surface area contributed by atoms with Crippen molar-refractivity contribution in [2.75, 3.05) is 0 Å². The number of ether oxygens (including phenoxy) is 1. The van der Waals surface area contributed by atoms with Crippen LogP contribution < -0.4 is 10.0 Å². The summed E-state index contributed by atoms with van der Waals surface area (Å²) in [4.78, 5) is 13.0. The van der Waals surface area contributed by atoms with Crippen LogP contribution in [0.3, 0.4) is 0 Å². The molecule has 0 amide bonds. The van der Waals surface area contributed by atoms with Crippen LogP contribution in [0.4, 0.5) is 0 Å². The number of carbonyl (C=O) groups is 1. The average molecular weight is 356 g/mol. The fraction of sp³-hybridized carbons (Fsp3) is 0.409. The van der Waals surface area contributed by atoms with Crippen molar-refractivity contribution in [3.05, 3.63) is 57.6 Å². The van der Waals surface area contributed by atoms with Gasteiger partial charge in [0.05, 0.1) is 6.10 Å². The standard InChI is InChI=1S/C22H29O2P/c1-8-16(5)24-19-9-10-20(14(3)12-19)25-22(23)21-15(4)11-13(2)17(6)18(21)7/h9-12,16,25H,8H2,1-7H3. The Morgan fingerprint density at radius 2 is 1.68 bits per heavy atom. The van der Waals surface area contributed by atoms with Gasteiger partial charge in [-0.3, -0.25) is 4.79 Å². The third-order valence-corrected chi connectivity index (χ3v) is 6.25. The van der Waals surface area contributed by atoms with Crippen LogP contribution >= 0.6 is 8.58 Å². The Labute approximate surface area is 153 Å². The molecule has 2 nitrogen and oxygen atoms in total. The molecule has 0 aromatic heterocycles. The van der Waals surface area contributed by atoms with Gasteiger partial charge in [0.25, 0.3) is 0 Å². The highest BCUT2D eigenvalue weighted by atomic mass is 31.1. The van der Waals surface area contributed by atoms with Crippen molar-refractivity contribution in [2.45, 2.75) is 61.0 Å². The van der Waals surface area contributed by atoms with Crippen LogP contribution in [-0.4, -0.2) is 11.6 Å². The molecule has 0 aliphatic rings. The van der Waals surface area contributed by atoms with Crippen molar-refractivity contribution in [3.8, 4) is 5.75 Å². The molecule has 0 N–H and O–H groups in total. The molecular weight excluding hydrogens is 327 g/mol. The molecule has 25 heavy (non-hydrogen) atoms. The van der Waals surface area contributed by atoms with Crippen molar-refractivity contribution in [3.63, 3.8) is 0 Å². The van der Waals surface area contributed by atoms with E-state index in [0.29, 0.717) is 0 Å². The van der Waals surface area contributed by atoms with Gasteiger partial charge in [-0.25, -0.2) is 0 Å². The number of rotatable bonds is 6. The summed E-state index contributed by atoms with van der Waals surface area (Å²) in [7, 11) is 0.139. The Bertz CT molecular complexity index is 793. The van der Waals surface area contributed by atoms with Crippen molar-refractivity contribution >= 4 is 19.4 Å². The lowest BCUT2D eigenvalue weighted by Gasteiger charge is -2.16. The lowest BCUT2D eigenvalue weighted by molar-refractivity contribution is 0.108. The summed E-state index contributed by atoms with van der Waals surface area (Å²) in [6, 6.07) is 8.18. The second-order valence-corrected chi connectivity index (χ2v) is 8.15. The largest absolute Gasteiger partial charge is 0.491 e. The first kappa shape index (κ1) is 19.7. The van der Waals surface area contributed by atoms with Crippen LogP contribution in [0.15, 0.2) is 24.3 Å². The molecule has 0 saturated heterocycles. The van der Waals surface area contributed by atoms with Crippen molar-refractivity contribution in [1.29, 1.82) is 0 Å². The lowest BCUT2D eigenvalue weighted by atomic mass is 9.95. The Balaban J connectivity index is 2.26. The fourth-order valence-corrected chi connectivity index (χ4v) is 4.17. The second-order valence-electron chi connectivity index (χ2n) is 6.90. The number of benzene rings is 2. The molecule has 2 atom stereocenters.